The highest BCUT2D eigenvalue weighted by Crippen LogP contribution is 2.29. The van der Waals surface area contributed by atoms with Crippen molar-refractivity contribution in [2.24, 2.45) is 0 Å². The minimum atomic E-state index is -0.129. The average molecular weight is 415 g/mol. The van der Waals surface area contributed by atoms with Gasteiger partial charge in [0.1, 0.15) is 5.75 Å². The molecule has 0 atom stereocenters. The fraction of sp³-hybridized carbons (Fsp3) is 0.231. The molecule has 0 spiro atoms. The zero-order valence-electron chi connectivity index (χ0n) is 17.4. The second-order valence-electron chi connectivity index (χ2n) is 7.59. The first kappa shape index (κ1) is 20.7. The average Bonchev–Trinajstić information content (AvgIpc) is 3.35. The minimum absolute atomic E-state index is 0.0563. The number of carbonyl (C=O) groups is 2. The molecule has 3 aromatic rings. The molecule has 1 saturated heterocycles. The normalized spacial score (nSPS) is 13.1. The van der Waals surface area contributed by atoms with Gasteiger partial charge in [0.2, 0.25) is 5.91 Å². The van der Waals surface area contributed by atoms with Gasteiger partial charge < -0.3 is 15.0 Å². The van der Waals surface area contributed by atoms with Gasteiger partial charge in [0.05, 0.1) is 13.0 Å². The lowest BCUT2D eigenvalue weighted by molar-refractivity contribution is -0.116. The van der Waals surface area contributed by atoms with Crippen LogP contribution in [0.3, 0.4) is 0 Å². The van der Waals surface area contributed by atoms with E-state index in [0.29, 0.717) is 11.3 Å². The topological polar surface area (TPSA) is 58.6 Å². The molecule has 1 fully saturated rings. The third-order valence-corrected chi connectivity index (χ3v) is 5.37. The van der Waals surface area contributed by atoms with Gasteiger partial charge in [-0.1, -0.05) is 48.5 Å². The molecule has 0 aliphatic carbocycles. The molecule has 158 valence electrons. The van der Waals surface area contributed by atoms with Crippen molar-refractivity contribution in [1.29, 1.82) is 0 Å². The van der Waals surface area contributed by atoms with E-state index in [4.69, 9.17) is 4.74 Å². The number of benzene rings is 3. The Morgan fingerprint density at radius 2 is 1.52 bits per heavy atom. The van der Waals surface area contributed by atoms with E-state index in [2.05, 4.69) is 5.32 Å². The monoisotopic (exact) mass is 414 g/mol. The molecule has 2 amide bonds. The Hall–Kier alpha value is -3.60. The Kier molecular flexibility index (Phi) is 6.62. The number of amides is 2. The van der Waals surface area contributed by atoms with Gasteiger partial charge in [-0.05, 0) is 48.7 Å². The summed E-state index contributed by atoms with van der Waals surface area (Å²) in [4.78, 5) is 26.6. The van der Waals surface area contributed by atoms with E-state index in [1.54, 1.807) is 24.3 Å². The van der Waals surface area contributed by atoms with Gasteiger partial charge in [0.15, 0.2) is 0 Å². The van der Waals surface area contributed by atoms with Crippen LogP contribution >= 0.6 is 0 Å². The molecule has 1 N–H and O–H groups in total. The quantitative estimate of drug-likeness (QED) is 0.592. The van der Waals surface area contributed by atoms with Gasteiger partial charge in [-0.15, -0.1) is 0 Å². The minimum Gasteiger partial charge on any atom is -0.492 e. The third kappa shape index (κ3) is 5.31. The van der Waals surface area contributed by atoms with E-state index < -0.39 is 0 Å². The van der Waals surface area contributed by atoms with E-state index in [0.717, 1.165) is 42.8 Å². The second-order valence-corrected chi connectivity index (χ2v) is 7.59. The largest absolute Gasteiger partial charge is 0.492 e. The number of ether oxygens (including phenoxy) is 1. The fourth-order valence-electron chi connectivity index (χ4n) is 3.72. The van der Waals surface area contributed by atoms with E-state index in [-0.39, 0.29) is 24.8 Å². The first-order valence-electron chi connectivity index (χ1n) is 10.7. The summed E-state index contributed by atoms with van der Waals surface area (Å²) in [6, 6.07) is 24.9. The number of hydrogen-bond acceptors (Lipinski definition) is 3. The molecule has 5 heteroatoms. The van der Waals surface area contributed by atoms with Crippen molar-refractivity contribution >= 4 is 17.5 Å². The Labute approximate surface area is 182 Å². The highest BCUT2D eigenvalue weighted by Gasteiger charge is 2.19. The zero-order valence-corrected chi connectivity index (χ0v) is 17.4. The van der Waals surface area contributed by atoms with E-state index >= 15 is 0 Å². The van der Waals surface area contributed by atoms with Gasteiger partial charge in [-0.25, -0.2) is 0 Å². The standard InChI is InChI=1S/C26H26N2O3/c29-25(27-22-14-12-21(13-15-22)26(30)28-17-6-7-18-28)16-19-31-24-11-5-4-10-23(24)20-8-2-1-3-9-20/h1-5,8-15H,6-7,16-19H2,(H,27,29). The van der Waals surface area contributed by atoms with Crippen LogP contribution in [0.2, 0.25) is 0 Å². The van der Waals surface area contributed by atoms with Gasteiger partial charge in [-0.3, -0.25) is 9.59 Å². The van der Waals surface area contributed by atoms with E-state index in [9.17, 15) is 9.59 Å². The van der Waals surface area contributed by atoms with Crippen LogP contribution < -0.4 is 10.1 Å². The fourth-order valence-corrected chi connectivity index (χ4v) is 3.72. The van der Waals surface area contributed by atoms with Crippen molar-refractivity contribution in [2.45, 2.75) is 19.3 Å². The number of hydrogen-bond donors (Lipinski definition) is 1. The third-order valence-electron chi connectivity index (χ3n) is 5.37. The van der Waals surface area contributed by atoms with Crippen molar-refractivity contribution in [3.8, 4) is 16.9 Å². The maximum atomic E-state index is 12.4. The zero-order chi connectivity index (χ0) is 21.5. The number of anilines is 1. The molecule has 1 aliphatic rings. The molecule has 0 unspecified atom stereocenters. The van der Waals surface area contributed by atoms with Crippen molar-refractivity contribution < 1.29 is 14.3 Å². The summed E-state index contributed by atoms with van der Waals surface area (Å²) in [6.45, 7) is 1.93. The molecule has 0 aromatic heterocycles. The highest BCUT2D eigenvalue weighted by molar-refractivity contribution is 5.96. The molecule has 0 bridgehead atoms. The lowest BCUT2D eigenvalue weighted by atomic mass is 10.1. The summed E-state index contributed by atoms with van der Waals surface area (Å²) in [5.74, 6) is 0.683. The van der Waals surface area contributed by atoms with Gasteiger partial charge in [0.25, 0.3) is 5.91 Å². The molecule has 3 aromatic carbocycles. The van der Waals surface area contributed by atoms with Crippen molar-refractivity contribution in [2.75, 3.05) is 25.0 Å². The van der Waals surface area contributed by atoms with Gasteiger partial charge in [0, 0.05) is 29.9 Å². The Bertz CT molecular complexity index is 1030. The Balaban J connectivity index is 1.29. The second kappa shape index (κ2) is 9.94. The molecule has 1 aliphatic heterocycles. The number of nitrogens with zero attached hydrogens (tertiary/aromatic N) is 1. The Morgan fingerprint density at radius 3 is 2.26 bits per heavy atom. The van der Waals surface area contributed by atoms with E-state index in [1.165, 1.54) is 0 Å². The van der Waals surface area contributed by atoms with Crippen LogP contribution in [0.15, 0.2) is 78.9 Å². The molecule has 31 heavy (non-hydrogen) atoms. The molecule has 4 rings (SSSR count). The van der Waals surface area contributed by atoms with Crippen LogP contribution in [0.5, 0.6) is 5.75 Å². The molecule has 0 saturated carbocycles. The SMILES string of the molecule is O=C(CCOc1ccccc1-c1ccccc1)Nc1ccc(C(=O)N2CCCC2)cc1. The van der Waals surface area contributed by atoms with E-state index in [1.807, 2.05) is 59.5 Å². The summed E-state index contributed by atoms with van der Waals surface area (Å²) in [5, 5.41) is 2.87. The predicted octanol–water partition coefficient (Wildman–Crippen LogP) is 5.00. The molecule has 0 radical (unpaired) electrons. The van der Waals surface area contributed by atoms with Crippen LogP contribution in [0.1, 0.15) is 29.6 Å². The van der Waals surface area contributed by atoms with Crippen LogP contribution in [0.4, 0.5) is 5.69 Å². The smallest absolute Gasteiger partial charge is 0.253 e. The van der Waals surface area contributed by atoms with Crippen molar-refractivity contribution in [3.63, 3.8) is 0 Å². The first-order valence-corrected chi connectivity index (χ1v) is 10.7. The van der Waals surface area contributed by atoms with Crippen molar-refractivity contribution in [3.05, 3.63) is 84.4 Å². The van der Waals surface area contributed by atoms with Crippen LogP contribution in [-0.2, 0) is 4.79 Å². The maximum absolute atomic E-state index is 12.4. The lowest BCUT2D eigenvalue weighted by Crippen LogP contribution is -2.27. The van der Waals surface area contributed by atoms with Gasteiger partial charge in [-0.2, -0.15) is 0 Å². The number of likely N-dealkylation sites (tertiary alicyclic amines) is 1. The summed E-state index contributed by atoms with van der Waals surface area (Å²) in [6.07, 6.45) is 2.37. The first-order chi connectivity index (χ1) is 15.2. The molecular formula is C26H26N2O3. The molecule has 5 nitrogen and oxygen atoms in total. The van der Waals surface area contributed by atoms with Crippen LogP contribution in [0, 0.1) is 0 Å². The lowest BCUT2D eigenvalue weighted by Gasteiger charge is -2.15. The molecular weight excluding hydrogens is 388 g/mol. The highest BCUT2D eigenvalue weighted by atomic mass is 16.5. The molecule has 1 heterocycles. The van der Waals surface area contributed by atoms with Crippen molar-refractivity contribution in [1.82, 2.24) is 4.90 Å². The van der Waals surface area contributed by atoms with Gasteiger partial charge >= 0.3 is 0 Å². The Morgan fingerprint density at radius 1 is 0.839 bits per heavy atom. The summed E-state index contributed by atoms with van der Waals surface area (Å²) >= 11 is 0. The summed E-state index contributed by atoms with van der Waals surface area (Å²) in [5.41, 5.74) is 3.40. The number of carbonyl (C=O) groups excluding carboxylic acids is 2. The summed E-state index contributed by atoms with van der Waals surface area (Å²) < 4.78 is 5.90. The maximum Gasteiger partial charge on any atom is 0.253 e. The van der Waals surface area contributed by atoms with Crippen LogP contribution in [0.25, 0.3) is 11.1 Å². The number of rotatable bonds is 7. The predicted molar refractivity (Wildman–Crippen MR) is 122 cm³/mol. The van der Waals surface area contributed by atoms with Crippen LogP contribution in [-0.4, -0.2) is 36.4 Å². The number of nitrogens with one attached hydrogen (secondary N) is 1. The summed E-state index contributed by atoms with van der Waals surface area (Å²) in [7, 11) is 0. The number of para-hydroxylation sites is 1.